The first-order valence-electron chi connectivity index (χ1n) is 17.1. The van der Waals surface area contributed by atoms with Gasteiger partial charge in [0.05, 0.1) is 50.1 Å². The topological polar surface area (TPSA) is 184 Å². The van der Waals surface area contributed by atoms with Gasteiger partial charge in [-0.2, -0.15) is 0 Å². The highest BCUT2D eigenvalue weighted by Gasteiger charge is 2.39. The molecule has 2 fully saturated rings. The van der Waals surface area contributed by atoms with E-state index in [4.69, 9.17) is 14.2 Å². The quantitative estimate of drug-likeness (QED) is 0.213. The molecule has 3 aromatic rings. The first-order chi connectivity index (χ1) is 24.0. The summed E-state index contributed by atoms with van der Waals surface area (Å²) in [4.78, 5) is 70.1. The van der Waals surface area contributed by atoms with Crippen LogP contribution in [-0.2, 0) is 25.7 Å². The standard InChI is InChI=1S/C35H48N8O7/c1-20(2)28(40-34(46)48-5)32(44)42-15-7-9-26(42)30-36-17-23(38-30)19-50-24-13-11-22(12-14-24)25-18-37-31(39-25)27-10-8-16-43(27)33(45)29(21(3)4)41-35(47)49-6/h11-14,17-18,20-21,26-29H,7-10,15-16,19H2,1-6H3,(H,36,38)(H,37,39)(H,40,46)(H,41,47). The minimum Gasteiger partial charge on any atom is -0.487 e. The molecule has 4 amide bonds. The van der Waals surface area contributed by atoms with E-state index < -0.39 is 24.3 Å². The highest BCUT2D eigenvalue weighted by atomic mass is 16.5. The number of aromatic nitrogens is 4. The Labute approximate surface area is 291 Å². The molecular weight excluding hydrogens is 644 g/mol. The molecule has 2 saturated heterocycles. The zero-order valence-corrected chi connectivity index (χ0v) is 29.5. The number of rotatable bonds is 12. The Bertz CT molecular complexity index is 1640. The molecule has 4 atom stereocenters. The number of nitrogens with zero attached hydrogens (tertiary/aromatic N) is 4. The van der Waals surface area contributed by atoms with Crippen LogP contribution in [0.1, 0.15) is 82.8 Å². The van der Waals surface area contributed by atoms with Crippen molar-refractivity contribution in [2.75, 3.05) is 27.3 Å². The smallest absolute Gasteiger partial charge is 0.407 e. The van der Waals surface area contributed by atoms with Crippen LogP contribution in [0, 0.1) is 11.8 Å². The van der Waals surface area contributed by atoms with Crippen LogP contribution in [0.3, 0.4) is 0 Å². The average Bonchev–Trinajstić information content (AvgIpc) is 3.94. The number of likely N-dealkylation sites (tertiary alicyclic amines) is 2. The van der Waals surface area contributed by atoms with Gasteiger partial charge in [0.2, 0.25) is 11.8 Å². The summed E-state index contributed by atoms with van der Waals surface area (Å²) in [6, 6.07) is 5.79. The van der Waals surface area contributed by atoms with Crippen LogP contribution in [-0.4, -0.2) is 93.1 Å². The van der Waals surface area contributed by atoms with Gasteiger partial charge in [-0.25, -0.2) is 19.6 Å². The Hall–Kier alpha value is -5.08. The molecule has 4 heterocycles. The van der Waals surface area contributed by atoms with Gasteiger partial charge in [0, 0.05) is 13.1 Å². The van der Waals surface area contributed by atoms with Gasteiger partial charge in [0.1, 0.15) is 36.1 Å². The Morgan fingerprint density at radius 2 is 1.28 bits per heavy atom. The van der Waals surface area contributed by atoms with Gasteiger partial charge in [0.15, 0.2) is 0 Å². The maximum atomic E-state index is 13.5. The van der Waals surface area contributed by atoms with Gasteiger partial charge in [-0.1, -0.05) is 27.7 Å². The van der Waals surface area contributed by atoms with Crippen molar-refractivity contribution in [3.63, 3.8) is 0 Å². The maximum Gasteiger partial charge on any atom is 0.407 e. The highest BCUT2D eigenvalue weighted by molar-refractivity contribution is 5.87. The second-order valence-corrected chi connectivity index (χ2v) is 13.4. The molecule has 1 aromatic carbocycles. The SMILES string of the molecule is COC(=O)NC(C(=O)N1CCCC1c1ncc(COc2ccc(-c3cnc(C4CCCN4C(=O)C(NC(=O)OC)C(C)C)[nH]3)cc2)[nH]1)C(C)C. The Kier molecular flexibility index (Phi) is 11.6. The number of carbonyl (C=O) groups excluding carboxylic acids is 4. The summed E-state index contributed by atoms with van der Waals surface area (Å²) < 4.78 is 15.5. The van der Waals surface area contributed by atoms with E-state index in [1.165, 1.54) is 14.2 Å². The van der Waals surface area contributed by atoms with E-state index in [0.717, 1.165) is 42.6 Å². The zero-order valence-electron chi connectivity index (χ0n) is 29.5. The number of imidazole rings is 2. The lowest BCUT2D eigenvalue weighted by Crippen LogP contribution is -2.51. The van der Waals surface area contributed by atoms with E-state index in [1.54, 1.807) is 22.2 Å². The summed E-state index contributed by atoms with van der Waals surface area (Å²) in [6.45, 7) is 8.97. The summed E-state index contributed by atoms with van der Waals surface area (Å²) in [5.74, 6) is 1.51. The number of carbonyl (C=O) groups is 4. The molecule has 4 unspecified atom stereocenters. The molecule has 50 heavy (non-hydrogen) atoms. The van der Waals surface area contributed by atoms with Crippen LogP contribution in [0.4, 0.5) is 9.59 Å². The van der Waals surface area contributed by atoms with Gasteiger partial charge < -0.3 is 44.6 Å². The average molecular weight is 693 g/mol. The third kappa shape index (κ3) is 8.20. The number of methoxy groups -OCH3 is 2. The van der Waals surface area contributed by atoms with Gasteiger partial charge >= 0.3 is 12.2 Å². The third-order valence-electron chi connectivity index (χ3n) is 9.29. The Morgan fingerprint density at radius 3 is 1.78 bits per heavy atom. The lowest BCUT2D eigenvalue weighted by Gasteiger charge is -2.30. The number of aromatic amines is 2. The summed E-state index contributed by atoms with van der Waals surface area (Å²) in [5, 5.41) is 5.34. The number of hydrogen-bond donors (Lipinski definition) is 4. The van der Waals surface area contributed by atoms with Gasteiger partial charge in [-0.3, -0.25) is 9.59 Å². The van der Waals surface area contributed by atoms with Gasteiger partial charge in [-0.15, -0.1) is 0 Å². The fraction of sp³-hybridized carbons (Fsp3) is 0.543. The number of hydrogen-bond acceptors (Lipinski definition) is 9. The summed E-state index contributed by atoms with van der Waals surface area (Å²) in [6.07, 6.45) is 5.41. The van der Waals surface area contributed by atoms with E-state index in [2.05, 4.69) is 30.6 Å². The molecule has 2 aliphatic heterocycles. The van der Waals surface area contributed by atoms with Gasteiger partial charge in [-0.05, 0) is 67.3 Å². The van der Waals surface area contributed by atoms with E-state index in [-0.39, 0.29) is 42.3 Å². The minimum absolute atomic E-state index is 0.111. The van der Waals surface area contributed by atoms with Crippen LogP contribution < -0.4 is 15.4 Å². The van der Waals surface area contributed by atoms with Crippen molar-refractivity contribution >= 4 is 24.0 Å². The molecule has 2 aliphatic rings. The molecule has 5 rings (SSSR count). The van der Waals surface area contributed by atoms with Crippen molar-refractivity contribution in [1.82, 2.24) is 40.4 Å². The lowest BCUT2D eigenvalue weighted by molar-refractivity contribution is -0.136. The van der Waals surface area contributed by atoms with Crippen molar-refractivity contribution in [1.29, 1.82) is 0 Å². The number of alkyl carbamates (subject to hydrolysis) is 2. The predicted octanol–water partition coefficient (Wildman–Crippen LogP) is 4.47. The molecule has 270 valence electrons. The van der Waals surface area contributed by atoms with Crippen LogP contribution in [0.25, 0.3) is 11.3 Å². The summed E-state index contributed by atoms with van der Waals surface area (Å²) in [5.41, 5.74) is 2.50. The van der Waals surface area contributed by atoms with Crippen molar-refractivity contribution in [2.45, 2.75) is 84.2 Å². The number of H-pyrrole nitrogens is 2. The largest absolute Gasteiger partial charge is 0.487 e. The molecule has 0 saturated carbocycles. The molecular formula is C35H48N8O7. The molecule has 15 nitrogen and oxygen atoms in total. The fourth-order valence-corrected chi connectivity index (χ4v) is 6.55. The predicted molar refractivity (Wildman–Crippen MR) is 183 cm³/mol. The molecule has 0 bridgehead atoms. The first kappa shape index (κ1) is 36.2. The fourth-order valence-electron chi connectivity index (χ4n) is 6.55. The second kappa shape index (κ2) is 16.1. The number of ether oxygens (including phenoxy) is 3. The van der Waals surface area contributed by atoms with Crippen LogP contribution in [0.2, 0.25) is 0 Å². The van der Waals surface area contributed by atoms with Crippen molar-refractivity contribution in [2.24, 2.45) is 11.8 Å². The number of amides is 4. The maximum absolute atomic E-state index is 13.5. The molecule has 0 radical (unpaired) electrons. The summed E-state index contributed by atoms with van der Waals surface area (Å²) in [7, 11) is 2.56. The molecule has 15 heteroatoms. The van der Waals surface area contributed by atoms with E-state index in [0.29, 0.717) is 30.5 Å². The third-order valence-corrected chi connectivity index (χ3v) is 9.29. The highest BCUT2D eigenvalue weighted by Crippen LogP contribution is 2.34. The Morgan fingerprint density at radius 1 is 0.780 bits per heavy atom. The van der Waals surface area contributed by atoms with Crippen LogP contribution in [0.5, 0.6) is 5.75 Å². The van der Waals surface area contributed by atoms with Gasteiger partial charge in [0.25, 0.3) is 0 Å². The number of benzene rings is 1. The van der Waals surface area contributed by atoms with E-state index >= 15 is 0 Å². The first-order valence-corrected chi connectivity index (χ1v) is 17.1. The van der Waals surface area contributed by atoms with Crippen molar-refractivity contribution in [3.05, 3.63) is 54.0 Å². The summed E-state index contributed by atoms with van der Waals surface area (Å²) >= 11 is 0. The lowest BCUT2D eigenvalue weighted by atomic mass is 10.0. The molecule has 2 aromatic heterocycles. The van der Waals surface area contributed by atoms with E-state index in [9.17, 15) is 19.2 Å². The van der Waals surface area contributed by atoms with Crippen LogP contribution in [0.15, 0.2) is 36.7 Å². The minimum atomic E-state index is -0.696. The molecule has 0 aliphatic carbocycles. The molecule has 0 spiro atoms. The van der Waals surface area contributed by atoms with Crippen molar-refractivity contribution < 1.29 is 33.4 Å². The van der Waals surface area contributed by atoms with E-state index in [1.807, 2.05) is 52.0 Å². The monoisotopic (exact) mass is 692 g/mol. The Balaban J connectivity index is 1.18. The van der Waals surface area contributed by atoms with Crippen molar-refractivity contribution in [3.8, 4) is 17.0 Å². The second-order valence-electron chi connectivity index (χ2n) is 13.4. The molecule has 4 N–H and O–H groups in total. The van der Waals surface area contributed by atoms with Crippen LogP contribution >= 0.6 is 0 Å². The normalized spacial score (nSPS) is 18.6. The number of nitrogens with one attached hydrogen (secondary N) is 4. The zero-order chi connectivity index (χ0) is 35.9.